The summed E-state index contributed by atoms with van der Waals surface area (Å²) in [6, 6.07) is 0. The Bertz CT molecular complexity index is 958. The fourth-order valence-corrected chi connectivity index (χ4v) is 4.82. The second-order valence-electron chi connectivity index (χ2n) is 7.40. The number of ketones is 1. The molecule has 2 unspecified atom stereocenters. The van der Waals surface area contributed by atoms with Crippen LogP contribution in [0.4, 0.5) is 31.5 Å². The van der Waals surface area contributed by atoms with Crippen molar-refractivity contribution in [2.24, 2.45) is 0 Å². The summed E-state index contributed by atoms with van der Waals surface area (Å²) in [6.45, 7) is 0.709. The van der Waals surface area contributed by atoms with Gasteiger partial charge in [-0.3, -0.25) is 14.9 Å². The molecule has 3 N–H and O–H groups in total. The third-order valence-electron chi connectivity index (χ3n) is 4.52. The molecule has 9 nitrogen and oxygen atoms in total. The quantitative estimate of drug-likeness (QED) is 0.276. The first kappa shape index (κ1) is 29.3. The SMILES string of the molecule is CC(O)(C(=O)Cc1nnc(CCSCCc2nnc(NC(=O)C(C)(O)C(F)(F)F)s2)s1)C(F)(F)F. The zero-order valence-corrected chi connectivity index (χ0v) is 20.5. The van der Waals surface area contributed by atoms with Crippen LogP contribution in [0.3, 0.4) is 0 Å². The van der Waals surface area contributed by atoms with Crippen LogP contribution in [-0.2, 0) is 28.9 Å². The summed E-state index contributed by atoms with van der Waals surface area (Å²) < 4.78 is 76.2. The minimum absolute atomic E-state index is 0.0486. The van der Waals surface area contributed by atoms with Crippen molar-refractivity contribution in [3.8, 4) is 0 Å². The van der Waals surface area contributed by atoms with Crippen LogP contribution in [0.2, 0.25) is 0 Å². The topological polar surface area (TPSA) is 138 Å². The Labute approximate surface area is 206 Å². The summed E-state index contributed by atoms with van der Waals surface area (Å²) in [7, 11) is 0. The van der Waals surface area contributed by atoms with Crippen molar-refractivity contribution >= 4 is 51.3 Å². The number of carbonyl (C=O) groups excluding carboxylic acids is 2. The van der Waals surface area contributed by atoms with Crippen molar-refractivity contribution in [2.45, 2.75) is 56.7 Å². The fraction of sp³-hybridized carbons (Fsp3) is 0.647. The van der Waals surface area contributed by atoms with Crippen LogP contribution in [-0.4, -0.2) is 77.4 Å². The molecule has 0 aromatic carbocycles. The second kappa shape index (κ2) is 11.0. The van der Waals surface area contributed by atoms with Crippen LogP contribution in [0.5, 0.6) is 0 Å². The second-order valence-corrected chi connectivity index (χ2v) is 10.8. The number of halogens is 6. The lowest BCUT2D eigenvalue weighted by atomic mass is 9.98. The Hall–Kier alpha value is -1.89. The average Bonchev–Trinajstić information content (AvgIpc) is 3.35. The first-order valence-corrected chi connectivity index (χ1v) is 12.4. The van der Waals surface area contributed by atoms with E-state index in [-0.39, 0.29) is 10.1 Å². The molecule has 0 spiro atoms. The van der Waals surface area contributed by atoms with E-state index in [1.165, 1.54) is 11.8 Å². The number of Topliss-reactive ketones (excluding diaryl/α,β-unsaturated/α-hetero) is 1. The van der Waals surface area contributed by atoms with Crippen LogP contribution in [0, 0.1) is 0 Å². The molecule has 196 valence electrons. The van der Waals surface area contributed by atoms with Crippen molar-refractivity contribution in [3.05, 3.63) is 15.0 Å². The number of nitrogens with one attached hydrogen (secondary N) is 1. The molecule has 0 aliphatic heterocycles. The molecular formula is C17H19F6N5O4S3. The smallest absolute Gasteiger partial charge is 0.374 e. The minimum atomic E-state index is -5.16. The van der Waals surface area contributed by atoms with E-state index in [0.717, 1.165) is 22.7 Å². The predicted octanol–water partition coefficient (Wildman–Crippen LogP) is 2.58. The van der Waals surface area contributed by atoms with Gasteiger partial charge in [-0.05, 0) is 25.4 Å². The molecule has 18 heteroatoms. The molecule has 0 saturated carbocycles. The first-order chi connectivity index (χ1) is 15.9. The standard InChI is InChI=1S/C17H19F6N5O4S3/c1-14(31,16(18,19)20)8(29)7-11-27-25-9(34-11)3-5-33-6-4-10-26-28-13(35-10)24-12(30)15(2,32)17(21,22)23/h31-32H,3-7H2,1-2H3,(H,24,28,30). The number of amides is 1. The maximum atomic E-state index is 12.7. The van der Waals surface area contributed by atoms with E-state index in [2.05, 4.69) is 20.4 Å². The Morgan fingerprint density at radius 1 is 0.829 bits per heavy atom. The van der Waals surface area contributed by atoms with Crippen molar-refractivity contribution < 1.29 is 46.1 Å². The summed E-state index contributed by atoms with van der Waals surface area (Å²) in [5.41, 5.74) is -7.05. The van der Waals surface area contributed by atoms with Gasteiger partial charge < -0.3 is 10.2 Å². The number of hydrogen-bond donors (Lipinski definition) is 3. The van der Waals surface area contributed by atoms with Gasteiger partial charge in [-0.15, -0.1) is 31.7 Å². The summed E-state index contributed by atoms with van der Waals surface area (Å²) in [4.78, 5) is 23.4. The molecule has 35 heavy (non-hydrogen) atoms. The van der Waals surface area contributed by atoms with Crippen molar-refractivity contribution in [1.29, 1.82) is 0 Å². The molecule has 2 heterocycles. The number of nitrogens with zero attached hydrogens (tertiary/aromatic N) is 4. The molecule has 2 aromatic heterocycles. The van der Waals surface area contributed by atoms with Crippen LogP contribution in [0.25, 0.3) is 0 Å². The summed E-state index contributed by atoms with van der Waals surface area (Å²) in [5.74, 6) is -2.04. The zero-order chi connectivity index (χ0) is 26.7. The maximum Gasteiger partial charge on any atom is 0.426 e. The molecule has 2 rings (SSSR count). The Kier molecular flexibility index (Phi) is 9.24. The van der Waals surface area contributed by atoms with Gasteiger partial charge in [-0.25, -0.2) is 0 Å². The number of anilines is 1. The number of hydrogen-bond acceptors (Lipinski definition) is 11. The van der Waals surface area contributed by atoms with Gasteiger partial charge in [-0.2, -0.15) is 38.1 Å². The van der Waals surface area contributed by atoms with E-state index in [9.17, 15) is 46.1 Å². The number of thioether (sulfide) groups is 1. The van der Waals surface area contributed by atoms with Crippen LogP contribution in [0.1, 0.15) is 28.9 Å². The molecule has 0 aliphatic rings. The first-order valence-electron chi connectivity index (χ1n) is 9.59. The van der Waals surface area contributed by atoms with E-state index in [0.29, 0.717) is 48.2 Å². The molecule has 0 radical (unpaired) electrons. The molecular weight excluding hydrogens is 548 g/mol. The van der Waals surface area contributed by atoms with Crippen molar-refractivity contribution in [2.75, 3.05) is 16.8 Å². The largest absolute Gasteiger partial charge is 0.426 e. The summed E-state index contributed by atoms with van der Waals surface area (Å²) >= 11 is 3.27. The molecule has 0 fully saturated rings. The Morgan fingerprint density at radius 2 is 1.31 bits per heavy atom. The third kappa shape index (κ3) is 7.55. The van der Waals surface area contributed by atoms with E-state index in [4.69, 9.17) is 0 Å². The highest BCUT2D eigenvalue weighted by Gasteiger charge is 2.56. The Morgan fingerprint density at radius 3 is 1.86 bits per heavy atom. The van der Waals surface area contributed by atoms with Gasteiger partial charge in [-0.1, -0.05) is 11.3 Å². The average molecular weight is 568 g/mol. The van der Waals surface area contributed by atoms with Crippen molar-refractivity contribution in [1.82, 2.24) is 20.4 Å². The number of aromatic nitrogens is 4. The molecule has 0 aliphatic carbocycles. The lowest BCUT2D eigenvalue weighted by Crippen LogP contribution is -2.52. The molecule has 2 atom stereocenters. The van der Waals surface area contributed by atoms with Gasteiger partial charge in [0.1, 0.15) is 15.0 Å². The number of aryl methyl sites for hydroxylation is 2. The van der Waals surface area contributed by atoms with E-state index >= 15 is 0 Å². The number of alkyl halides is 6. The van der Waals surface area contributed by atoms with Crippen molar-refractivity contribution in [3.63, 3.8) is 0 Å². The number of carbonyl (C=O) groups is 2. The van der Waals surface area contributed by atoms with Gasteiger partial charge in [0.25, 0.3) is 5.91 Å². The van der Waals surface area contributed by atoms with Crippen LogP contribution < -0.4 is 5.32 Å². The van der Waals surface area contributed by atoms with Crippen LogP contribution in [0.15, 0.2) is 0 Å². The van der Waals surface area contributed by atoms with E-state index in [1.54, 1.807) is 0 Å². The van der Waals surface area contributed by atoms with Crippen LogP contribution >= 0.6 is 34.4 Å². The maximum absolute atomic E-state index is 12.7. The fourth-order valence-electron chi connectivity index (χ4n) is 2.10. The van der Waals surface area contributed by atoms with Gasteiger partial charge in [0, 0.05) is 12.8 Å². The molecule has 2 aromatic rings. The summed E-state index contributed by atoms with van der Waals surface area (Å²) in [5, 5.41) is 36.2. The highest BCUT2D eigenvalue weighted by Crippen LogP contribution is 2.32. The van der Waals surface area contributed by atoms with Gasteiger partial charge >= 0.3 is 12.4 Å². The lowest BCUT2D eigenvalue weighted by Gasteiger charge is -2.23. The Balaban J connectivity index is 1.75. The zero-order valence-electron chi connectivity index (χ0n) is 18.0. The number of aliphatic hydroxyl groups is 2. The third-order valence-corrected chi connectivity index (χ3v) is 7.38. The highest BCUT2D eigenvalue weighted by atomic mass is 32.2. The number of rotatable bonds is 11. The minimum Gasteiger partial charge on any atom is -0.374 e. The van der Waals surface area contributed by atoms with E-state index in [1.807, 2.05) is 5.32 Å². The molecule has 1 amide bonds. The molecule has 0 bridgehead atoms. The monoisotopic (exact) mass is 567 g/mol. The lowest BCUT2D eigenvalue weighted by molar-refractivity contribution is -0.244. The van der Waals surface area contributed by atoms with E-state index < -0.39 is 41.7 Å². The van der Waals surface area contributed by atoms with Gasteiger partial charge in [0.05, 0.1) is 6.42 Å². The molecule has 0 saturated heterocycles. The normalized spacial score (nSPS) is 15.9. The summed E-state index contributed by atoms with van der Waals surface area (Å²) in [6.07, 6.45) is -10.2. The predicted molar refractivity (Wildman–Crippen MR) is 115 cm³/mol. The van der Waals surface area contributed by atoms with Gasteiger partial charge in [0.2, 0.25) is 16.3 Å². The highest BCUT2D eigenvalue weighted by molar-refractivity contribution is 7.99. The van der Waals surface area contributed by atoms with Gasteiger partial charge in [0.15, 0.2) is 5.78 Å².